The molecule has 0 saturated carbocycles. The third kappa shape index (κ3) is 2.75. The van der Waals surface area contributed by atoms with Gasteiger partial charge < -0.3 is 9.32 Å². The quantitative estimate of drug-likeness (QED) is 0.712. The first kappa shape index (κ1) is 15.7. The van der Waals surface area contributed by atoms with Crippen LogP contribution in [0.25, 0.3) is 17.1 Å². The zero-order valence-electron chi connectivity index (χ0n) is 13.0. The highest BCUT2D eigenvalue weighted by Crippen LogP contribution is 2.32. The number of alkyl halides is 3. The van der Waals surface area contributed by atoms with Crippen molar-refractivity contribution in [3.8, 4) is 11.5 Å². The average Bonchev–Trinajstić information content (AvgIpc) is 3.32. The van der Waals surface area contributed by atoms with E-state index in [0.717, 1.165) is 18.9 Å². The number of likely N-dealkylation sites (tertiary alicyclic amines) is 1. The Hall–Kier alpha value is -2.84. The maximum atomic E-state index is 13.4. The van der Waals surface area contributed by atoms with Crippen LogP contribution in [0.5, 0.6) is 0 Å². The van der Waals surface area contributed by atoms with Crippen LogP contribution in [0.2, 0.25) is 0 Å². The lowest BCUT2D eigenvalue weighted by Crippen LogP contribution is -2.28. The molecule has 4 rings (SSSR count). The van der Waals surface area contributed by atoms with E-state index in [0.29, 0.717) is 17.6 Å². The number of amides is 1. The van der Waals surface area contributed by atoms with Gasteiger partial charge in [-0.3, -0.25) is 4.79 Å². The van der Waals surface area contributed by atoms with Gasteiger partial charge in [-0.1, -0.05) is 0 Å². The molecular weight excluding hydrogens is 337 g/mol. The van der Waals surface area contributed by atoms with Crippen LogP contribution in [0.15, 0.2) is 34.9 Å². The molecule has 0 spiro atoms. The predicted molar refractivity (Wildman–Crippen MR) is 80.8 cm³/mol. The summed E-state index contributed by atoms with van der Waals surface area (Å²) in [4.78, 5) is 18.2. The second-order valence-electron chi connectivity index (χ2n) is 5.80. The predicted octanol–water partition coefficient (Wildman–Crippen LogP) is 3.24. The van der Waals surface area contributed by atoms with E-state index in [1.165, 1.54) is 18.4 Å². The van der Waals surface area contributed by atoms with Crippen molar-refractivity contribution >= 4 is 11.6 Å². The Labute approximate surface area is 139 Å². The Morgan fingerprint density at radius 1 is 1.20 bits per heavy atom. The van der Waals surface area contributed by atoms with Gasteiger partial charge in [0.15, 0.2) is 22.8 Å². The summed E-state index contributed by atoms with van der Waals surface area (Å²) in [6.45, 7) is 1.17. The Balaban J connectivity index is 1.86. The van der Waals surface area contributed by atoms with Crippen LogP contribution < -0.4 is 0 Å². The molecule has 3 aromatic heterocycles. The standard InChI is InChI=1S/C16H13F3N4O2/c17-16(18,19)13-8-10(12-4-3-7-25-12)20-14-9-11(21-23(13)14)15(24)22-5-1-2-6-22/h3-4,7-9H,1-2,5-6H2. The second kappa shape index (κ2) is 5.61. The average molecular weight is 350 g/mol. The molecule has 0 radical (unpaired) electrons. The van der Waals surface area contributed by atoms with Gasteiger partial charge in [0.05, 0.1) is 6.26 Å². The van der Waals surface area contributed by atoms with Gasteiger partial charge in [0.25, 0.3) is 5.91 Å². The van der Waals surface area contributed by atoms with Crippen LogP contribution >= 0.6 is 0 Å². The molecule has 0 N–H and O–H groups in total. The van der Waals surface area contributed by atoms with E-state index in [1.807, 2.05) is 0 Å². The monoisotopic (exact) mass is 350 g/mol. The minimum absolute atomic E-state index is 0.0323. The van der Waals surface area contributed by atoms with Crippen molar-refractivity contribution in [2.45, 2.75) is 19.0 Å². The highest BCUT2D eigenvalue weighted by atomic mass is 19.4. The molecule has 1 saturated heterocycles. The lowest BCUT2D eigenvalue weighted by Gasteiger charge is -2.12. The number of hydrogen-bond donors (Lipinski definition) is 0. The summed E-state index contributed by atoms with van der Waals surface area (Å²) in [6.07, 6.45) is -1.53. The van der Waals surface area contributed by atoms with Gasteiger partial charge in [0.1, 0.15) is 5.69 Å². The molecule has 25 heavy (non-hydrogen) atoms. The second-order valence-corrected chi connectivity index (χ2v) is 5.80. The van der Waals surface area contributed by atoms with Crippen molar-refractivity contribution < 1.29 is 22.4 Å². The Morgan fingerprint density at radius 3 is 2.60 bits per heavy atom. The molecule has 0 bridgehead atoms. The first-order valence-corrected chi connectivity index (χ1v) is 7.75. The van der Waals surface area contributed by atoms with Crippen LogP contribution in [0.3, 0.4) is 0 Å². The Morgan fingerprint density at radius 2 is 1.96 bits per heavy atom. The summed E-state index contributed by atoms with van der Waals surface area (Å²) < 4.78 is 46.1. The smallest absolute Gasteiger partial charge is 0.433 e. The number of carbonyl (C=O) groups is 1. The van der Waals surface area contributed by atoms with Gasteiger partial charge >= 0.3 is 6.18 Å². The van der Waals surface area contributed by atoms with Gasteiger partial charge in [-0.2, -0.15) is 18.3 Å². The zero-order valence-corrected chi connectivity index (χ0v) is 13.0. The number of aromatic nitrogens is 3. The minimum Gasteiger partial charge on any atom is -0.463 e. The molecule has 0 unspecified atom stereocenters. The number of carbonyl (C=O) groups excluding carboxylic acids is 1. The first-order chi connectivity index (χ1) is 11.9. The summed E-state index contributed by atoms with van der Waals surface area (Å²) in [5.41, 5.74) is -1.07. The summed E-state index contributed by atoms with van der Waals surface area (Å²) in [6, 6.07) is 5.23. The van der Waals surface area contributed by atoms with Crippen molar-refractivity contribution in [2.75, 3.05) is 13.1 Å². The number of furan rings is 1. The summed E-state index contributed by atoms with van der Waals surface area (Å²) in [5, 5.41) is 3.86. The molecule has 1 amide bonds. The topological polar surface area (TPSA) is 63.6 Å². The SMILES string of the molecule is O=C(c1cc2nc(-c3ccco3)cc(C(F)(F)F)n2n1)N1CCCC1. The van der Waals surface area contributed by atoms with Gasteiger partial charge in [-0.15, -0.1) is 0 Å². The largest absolute Gasteiger partial charge is 0.463 e. The van der Waals surface area contributed by atoms with E-state index in [-0.39, 0.29) is 28.7 Å². The van der Waals surface area contributed by atoms with Crippen LogP contribution in [0.1, 0.15) is 29.0 Å². The molecule has 4 heterocycles. The zero-order chi connectivity index (χ0) is 17.6. The van der Waals surface area contributed by atoms with Gasteiger partial charge in [-0.05, 0) is 31.0 Å². The van der Waals surface area contributed by atoms with Crippen LogP contribution in [0.4, 0.5) is 13.2 Å². The summed E-state index contributed by atoms with van der Waals surface area (Å²) in [7, 11) is 0. The van der Waals surface area contributed by atoms with E-state index in [1.54, 1.807) is 11.0 Å². The van der Waals surface area contributed by atoms with Crippen molar-refractivity contribution in [3.63, 3.8) is 0 Å². The Kier molecular flexibility index (Phi) is 3.52. The maximum absolute atomic E-state index is 13.4. The molecule has 1 aliphatic rings. The molecular formula is C16H13F3N4O2. The molecule has 0 aromatic carbocycles. The minimum atomic E-state index is -4.65. The fourth-order valence-corrected chi connectivity index (χ4v) is 2.91. The number of rotatable bonds is 2. The molecule has 0 aliphatic carbocycles. The third-order valence-electron chi connectivity index (χ3n) is 4.10. The molecule has 1 fully saturated rings. The van der Waals surface area contributed by atoms with Crippen molar-refractivity contribution in [3.05, 3.63) is 41.9 Å². The van der Waals surface area contributed by atoms with E-state index >= 15 is 0 Å². The molecule has 0 atom stereocenters. The number of fused-ring (bicyclic) bond motifs is 1. The molecule has 130 valence electrons. The Bertz CT molecular complexity index is 925. The molecule has 6 nitrogen and oxygen atoms in total. The van der Waals surface area contributed by atoms with E-state index in [9.17, 15) is 18.0 Å². The highest BCUT2D eigenvalue weighted by Gasteiger charge is 2.36. The lowest BCUT2D eigenvalue weighted by atomic mass is 10.2. The van der Waals surface area contributed by atoms with Gasteiger partial charge in [-0.25, -0.2) is 9.50 Å². The number of halogens is 3. The number of hydrogen-bond acceptors (Lipinski definition) is 4. The fourth-order valence-electron chi connectivity index (χ4n) is 2.91. The lowest BCUT2D eigenvalue weighted by molar-refractivity contribution is -0.142. The maximum Gasteiger partial charge on any atom is 0.433 e. The number of nitrogens with zero attached hydrogens (tertiary/aromatic N) is 4. The highest BCUT2D eigenvalue weighted by molar-refractivity contribution is 5.93. The van der Waals surface area contributed by atoms with Gasteiger partial charge in [0, 0.05) is 19.2 Å². The van der Waals surface area contributed by atoms with Crippen molar-refractivity contribution in [1.29, 1.82) is 0 Å². The van der Waals surface area contributed by atoms with E-state index < -0.39 is 11.9 Å². The van der Waals surface area contributed by atoms with Crippen LogP contribution in [-0.2, 0) is 6.18 Å². The fraction of sp³-hybridized carbons (Fsp3) is 0.312. The van der Waals surface area contributed by atoms with E-state index in [4.69, 9.17) is 4.42 Å². The third-order valence-corrected chi connectivity index (χ3v) is 4.10. The van der Waals surface area contributed by atoms with Gasteiger partial charge in [0.2, 0.25) is 0 Å². The van der Waals surface area contributed by atoms with Crippen LogP contribution in [-0.4, -0.2) is 38.5 Å². The van der Waals surface area contributed by atoms with Crippen molar-refractivity contribution in [2.24, 2.45) is 0 Å². The van der Waals surface area contributed by atoms with Crippen LogP contribution in [0, 0.1) is 0 Å². The molecule has 3 aromatic rings. The normalized spacial score (nSPS) is 15.2. The first-order valence-electron chi connectivity index (χ1n) is 7.75. The van der Waals surface area contributed by atoms with E-state index in [2.05, 4.69) is 10.1 Å². The summed E-state index contributed by atoms with van der Waals surface area (Å²) in [5.74, 6) is -0.169. The van der Waals surface area contributed by atoms with Crippen molar-refractivity contribution in [1.82, 2.24) is 19.5 Å². The molecule has 9 heteroatoms. The molecule has 1 aliphatic heterocycles. The summed E-state index contributed by atoms with van der Waals surface area (Å²) >= 11 is 0.